The molecular formula is C6H14IN3. The van der Waals surface area contributed by atoms with E-state index in [1.54, 1.807) is 11.2 Å². The van der Waals surface area contributed by atoms with Crippen LogP contribution in [0, 0.1) is 0 Å². The summed E-state index contributed by atoms with van der Waals surface area (Å²) in [4.78, 5) is 0. The van der Waals surface area contributed by atoms with Crippen LogP contribution in [0.2, 0.25) is 0 Å². The zero-order valence-electron chi connectivity index (χ0n) is 6.29. The van der Waals surface area contributed by atoms with Gasteiger partial charge >= 0.3 is 0 Å². The minimum atomic E-state index is 0.0439. The number of rotatable bonds is 3. The lowest BCUT2D eigenvalue weighted by molar-refractivity contribution is 0.322. The van der Waals surface area contributed by atoms with Gasteiger partial charge in [-0.25, -0.2) is 5.84 Å². The van der Waals surface area contributed by atoms with Crippen molar-refractivity contribution >= 4 is 22.6 Å². The van der Waals surface area contributed by atoms with Gasteiger partial charge in [0.1, 0.15) is 0 Å². The fraction of sp³-hybridized carbons (Fsp3) is 0.667. The monoisotopic (exact) mass is 255 g/mol. The summed E-state index contributed by atoms with van der Waals surface area (Å²) in [6.45, 7) is 4.03. The molecule has 0 aliphatic rings. The zero-order valence-corrected chi connectivity index (χ0v) is 8.45. The molecule has 0 bridgehead atoms. The molecule has 0 saturated carbocycles. The molecule has 60 valence electrons. The lowest BCUT2D eigenvalue weighted by Gasteiger charge is -2.17. The zero-order chi connectivity index (χ0) is 8.15. The van der Waals surface area contributed by atoms with Crippen molar-refractivity contribution in [2.45, 2.75) is 23.9 Å². The number of alkyl halides is 1. The van der Waals surface area contributed by atoms with Gasteiger partial charge in [0.25, 0.3) is 0 Å². The number of nitrogens with two attached hydrogens (primary N) is 2. The average molecular weight is 255 g/mol. The molecule has 0 heterocycles. The Labute approximate surface area is 75.5 Å². The first kappa shape index (κ1) is 10.2. The molecule has 0 aromatic heterocycles. The van der Waals surface area contributed by atoms with E-state index in [4.69, 9.17) is 11.6 Å². The Hall–Kier alpha value is 0.190. The Morgan fingerprint density at radius 1 is 1.50 bits per heavy atom. The van der Waals surface area contributed by atoms with E-state index < -0.39 is 0 Å². The van der Waals surface area contributed by atoms with Crippen LogP contribution >= 0.6 is 22.6 Å². The molecule has 0 aromatic rings. The van der Waals surface area contributed by atoms with Crippen LogP contribution in [0.4, 0.5) is 0 Å². The van der Waals surface area contributed by atoms with Crippen LogP contribution in [-0.2, 0) is 0 Å². The van der Waals surface area contributed by atoms with Gasteiger partial charge in [-0.05, 0) is 19.9 Å². The maximum Gasteiger partial charge on any atom is 0.0771 e. The van der Waals surface area contributed by atoms with Crippen molar-refractivity contribution in [1.82, 2.24) is 5.01 Å². The fourth-order valence-electron chi connectivity index (χ4n) is 0.354. The molecule has 0 aliphatic heterocycles. The van der Waals surface area contributed by atoms with Gasteiger partial charge in [0.2, 0.25) is 0 Å². The summed E-state index contributed by atoms with van der Waals surface area (Å²) in [5.41, 5.74) is 5.46. The summed E-state index contributed by atoms with van der Waals surface area (Å²) in [6.07, 6.45) is 3.64. The minimum Gasteiger partial charge on any atom is -0.316 e. The third-order valence-electron chi connectivity index (χ3n) is 1.04. The van der Waals surface area contributed by atoms with E-state index >= 15 is 0 Å². The summed E-state index contributed by atoms with van der Waals surface area (Å²) >= 11 is 2.11. The molecule has 0 fully saturated rings. The number of hydrogen-bond donors (Lipinski definition) is 2. The Morgan fingerprint density at radius 3 is 2.30 bits per heavy atom. The molecule has 10 heavy (non-hydrogen) atoms. The lowest BCUT2D eigenvalue weighted by Crippen LogP contribution is -2.32. The van der Waals surface area contributed by atoms with E-state index in [-0.39, 0.29) is 4.05 Å². The Bertz CT molecular complexity index is 112. The number of halogens is 1. The highest BCUT2D eigenvalue weighted by Gasteiger charge is 1.96. The largest absolute Gasteiger partial charge is 0.316 e. The van der Waals surface area contributed by atoms with Gasteiger partial charge < -0.3 is 10.7 Å². The molecule has 0 saturated heterocycles. The maximum absolute atomic E-state index is 5.55. The standard InChI is InChI=1S/C6H14IN3/c1-5(2)10(9)4-3-6(7)8/h3-6H,8-9H2,1-2H3/b4-3-. The molecule has 0 rings (SSSR count). The van der Waals surface area contributed by atoms with E-state index in [1.807, 2.05) is 19.9 Å². The van der Waals surface area contributed by atoms with E-state index in [2.05, 4.69) is 22.6 Å². The highest BCUT2D eigenvalue weighted by Crippen LogP contribution is 1.95. The van der Waals surface area contributed by atoms with Crippen LogP contribution in [0.5, 0.6) is 0 Å². The van der Waals surface area contributed by atoms with E-state index in [0.29, 0.717) is 6.04 Å². The average Bonchev–Trinajstić information content (AvgIpc) is 1.82. The smallest absolute Gasteiger partial charge is 0.0771 e. The van der Waals surface area contributed by atoms with E-state index in [1.165, 1.54) is 0 Å². The summed E-state index contributed by atoms with van der Waals surface area (Å²) in [5, 5.41) is 1.62. The molecular weight excluding hydrogens is 241 g/mol. The second-order valence-corrected chi connectivity index (χ2v) is 3.77. The number of hydrazine groups is 1. The second kappa shape index (κ2) is 4.92. The normalized spacial score (nSPS) is 14.6. The van der Waals surface area contributed by atoms with Gasteiger partial charge in [0.15, 0.2) is 0 Å². The number of hydrogen-bond acceptors (Lipinski definition) is 3. The third-order valence-corrected chi connectivity index (χ3v) is 1.45. The predicted molar refractivity (Wildman–Crippen MR) is 52.3 cm³/mol. The molecule has 3 nitrogen and oxygen atoms in total. The highest BCUT2D eigenvalue weighted by atomic mass is 127. The van der Waals surface area contributed by atoms with Crippen molar-refractivity contribution in [3.05, 3.63) is 12.3 Å². The Kier molecular flexibility index (Phi) is 5.02. The molecule has 0 spiro atoms. The van der Waals surface area contributed by atoms with Gasteiger partial charge in [-0.1, -0.05) is 22.6 Å². The van der Waals surface area contributed by atoms with Crippen molar-refractivity contribution in [3.63, 3.8) is 0 Å². The van der Waals surface area contributed by atoms with Crippen LogP contribution in [0.15, 0.2) is 12.3 Å². The van der Waals surface area contributed by atoms with Crippen LogP contribution in [0.3, 0.4) is 0 Å². The summed E-state index contributed by atoms with van der Waals surface area (Å²) in [6, 6.07) is 0.325. The van der Waals surface area contributed by atoms with Gasteiger partial charge in [-0.2, -0.15) is 0 Å². The van der Waals surface area contributed by atoms with Crippen molar-refractivity contribution in [2.24, 2.45) is 11.6 Å². The van der Waals surface area contributed by atoms with Crippen molar-refractivity contribution < 1.29 is 0 Å². The topological polar surface area (TPSA) is 55.3 Å². The SMILES string of the molecule is CC(C)N(N)/C=C\C(N)I. The first-order chi connectivity index (χ1) is 4.54. The second-order valence-electron chi connectivity index (χ2n) is 2.33. The van der Waals surface area contributed by atoms with Crippen LogP contribution in [-0.4, -0.2) is 15.1 Å². The van der Waals surface area contributed by atoms with Crippen molar-refractivity contribution in [2.75, 3.05) is 0 Å². The van der Waals surface area contributed by atoms with E-state index in [0.717, 1.165) is 0 Å². The van der Waals surface area contributed by atoms with Crippen LogP contribution in [0.25, 0.3) is 0 Å². The van der Waals surface area contributed by atoms with Gasteiger partial charge in [-0.15, -0.1) is 0 Å². The van der Waals surface area contributed by atoms with Crippen molar-refractivity contribution in [1.29, 1.82) is 0 Å². The predicted octanol–water partition coefficient (Wildman–Crippen LogP) is 0.804. The highest BCUT2D eigenvalue weighted by molar-refractivity contribution is 14.1. The Morgan fingerprint density at radius 2 is 2.00 bits per heavy atom. The quantitative estimate of drug-likeness (QED) is 0.258. The van der Waals surface area contributed by atoms with Gasteiger partial charge in [0, 0.05) is 12.2 Å². The van der Waals surface area contributed by atoms with Crippen LogP contribution in [0.1, 0.15) is 13.8 Å². The molecule has 0 aromatic carbocycles. The van der Waals surface area contributed by atoms with Gasteiger partial charge in [0.05, 0.1) is 4.05 Å². The summed E-state index contributed by atoms with van der Waals surface area (Å²) < 4.78 is 0.0439. The van der Waals surface area contributed by atoms with Crippen LogP contribution < -0.4 is 11.6 Å². The first-order valence-corrected chi connectivity index (χ1v) is 4.39. The molecule has 0 radical (unpaired) electrons. The fourth-order valence-corrected chi connectivity index (χ4v) is 0.539. The van der Waals surface area contributed by atoms with Gasteiger partial charge in [-0.3, -0.25) is 0 Å². The lowest BCUT2D eigenvalue weighted by atomic mass is 10.4. The molecule has 0 aliphatic carbocycles. The number of nitrogens with zero attached hydrogens (tertiary/aromatic N) is 1. The van der Waals surface area contributed by atoms with E-state index in [9.17, 15) is 0 Å². The minimum absolute atomic E-state index is 0.0439. The summed E-state index contributed by atoms with van der Waals surface area (Å²) in [5.74, 6) is 5.55. The Balaban J connectivity index is 3.66. The molecule has 1 atom stereocenters. The molecule has 4 N–H and O–H groups in total. The third kappa shape index (κ3) is 5.01. The summed E-state index contributed by atoms with van der Waals surface area (Å²) in [7, 11) is 0. The van der Waals surface area contributed by atoms with Crippen molar-refractivity contribution in [3.8, 4) is 0 Å². The molecule has 0 amide bonds. The molecule has 1 unspecified atom stereocenters. The first-order valence-electron chi connectivity index (χ1n) is 3.15. The maximum atomic E-state index is 5.55. The molecule has 4 heteroatoms.